The van der Waals surface area contributed by atoms with E-state index in [9.17, 15) is 0 Å². The Balaban J connectivity index is 3.03. The van der Waals surface area contributed by atoms with Gasteiger partial charge in [-0.2, -0.15) is 0 Å². The van der Waals surface area contributed by atoms with Crippen LogP contribution in [0.25, 0.3) is 0 Å². The molecule has 64 valence electrons. The standard InChI is InChI=1S/C7H9BINO2/c1-2-5-3-4-6(8(11)12)7(9)10-5/h3-4,11-12H,2H2,1H3. The highest BCUT2D eigenvalue weighted by atomic mass is 127. The molecule has 0 aliphatic carbocycles. The van der Waals surface area contributed by atoms with Gasteiger partial charge in [0.05, 0.1) is 0 Å². The first kappa shape index (κ1) is 9.95. The molecule has 0 saturated carbocycles. The van der Waals surface area contributed by atoms with Crippen molar-refractivity contribution in [3.8, 4) is 0 Å². The van der Waals surface area contributed by atoms with Crippen molar-refractivity contribution in [2.75, 3.05) is 0 Å². The average Bonchev–Trinajstić information content (AvgIpc) is 2.03. The Kier molecular flexibility index (Phi) is 3.48. The van der Waals surface area contributed by atoms with Gasteiger partial charge in [0.15, 0.2) is 0 Å². The van der Waals surface area contributed by atoms with Gasteiger partial charge in [0, 0.05) is 11.2 Å². The highest BCUT2D eigenvalue weighted by Gasteiger charge is 2.15. The molecular weight excluding hydrogens is 268 g/mol. The van der Waals surface area contributed by atoms with E-state index >= 15 is 0 Å². The molecule has 0 fully saturated rings. The summed E-state index contributed by atoms with van der Waals surface area (Å²) in [6.07, 6.45) is 0.859. The van der Waals surface area contributed by atoms with E-state index in [1.165, 1.54) is 0 Å². The molecule has 0 aliphatic heterocycles. The predicted octanol–water partition coefficient (Wildman–Crippen LogP) is -0.0716. The van der Waals surface area contributed by atoms with Crippen LogP contribution in [0.2, 0.25) is 0 Å². The summed E-state index contributed by atoms with van der Waals surface area (Å²) in [6, 6.07) is 3.50. The minimum absolute atomic E-state index is 0.466. The lowest BCUT2D eigenvalue weighted by Crippen LogP contribution is -2.33. The second kappa shape index (κ2) is 4.20. The van der Waals surface area contributed by atoms with Crippen molar-refractivity contribution in [2.24, 2.45) is 0 Å². The Morgan fingerprint density at radius 3 is 2.58 bits per heavy atom. The molecule has 0 saturated heterocycles. The topological polar surface area (TPSA) is 53.4 Å². The summed E-state index contributed by atoms with van der Waals surface area (Å²) in [7, 11) is -1.42. The second-order valence-electron chi connectivity index (χ2n) is 2.41. The smallest absolute Gasteiger partial charge is 0.423 e. The molecule has 2 N–H and O–H groups in total. The van der Waals surface area contributed by atoms with Crippen molar-refractivity contribution in [1.29, 1.82) is 0 Å². The minimum Gasteiger partial charge on any atom is -0.423 e. The van der Waals surface area contributed by atoms with E-state index in [1.807, 2.05) is 29.5 Å². The maximum atomic E-state index is 8.88. The van der Waals surface area contributed by atoms with E-state index in [2.05, 4.69) is 4.98 Å². The number of hydrogen-bond acceptors (Lipinski definition) is 3. The van der Waals surface area contributed by atoms with Gasteiger partial charge in [-0.3, -0.25) is 0 Å². The number of aromatic nitrogens is 1. The second-order valence-corrected chi connectivity index (χ2v) is 3.43. The van der Waals surface area contributed by atoms with Crippen molar-refractivity contribution in [3.05, 3.63) is 21.5 Å². The third-order valence-corrected chi connectivity index (χ3v) is 2.44. The Morgan fingerprint density at radius 1 is 1.50 bits per heavy atom. The van der Waals surface area contributed by atoms with Crippen LogP contribution in [0.5, 0.6) is 0 Å². The van der Waals surface area contributed by atoms with Gasteiger partial charge >= 0.3 is 7.12 Å². The molecule has 1 aromatic rings. The number of rotatable bonds is 2. The molecule has 0 aliphatic rings. The summed E-state index contributed by atoms with van der Waals surface area (Å²) in [5.74, 6) is 0. The third-order valence-electron chi connectivity index (χ3n) is 1.58. The van der Waals surface area contributed by atoms with E-state index in [4.69, 9.17) is 10.0 Å². The first-order valence-corrected chi connectivity index (χ1v) is 4.74. The van der Waals surface area contributed by atoms with Crippen LogP contribution in [0, 0.1) is 3.70 Å². The predicted molar refractivity (Wildman–Crippen MR) is 56.2 cm³/mol. The van der Waals surface area contributed by atoms with Gasteiger partial charge in [-0.15, -0.1) is 0 Å². The van der Waals surface area contributed by atoms with Gasteiger partial charge < -0.3 is 10.0 Å². The molecule has 0 unspecified atom stereocenters. The van der Waals surface area contributed by atoms with Gasteiger partial charge in [0.1, 0.15) is 3.70 Å². The Labute approximate surface area is 85.1 Å². The van der Waals surface area contributed by atoms with Gasteiger partial charge in [-0.05, 0) is 35.1 Å². The van der Waals surface area contributed by atoms with Crippen LogP contribution in [-0.4, -0.2) is 22.2 Å². The zero-order valence-corrected chi connectivity index (χ0v) is 8.82. The van der Waals surface area contributed by atoms with Crippen LogP contribution in [0.3, 0.4) is 0 Å². The van der Waals surface area contributed by atoms with Crippen molar-refractivity contribution in [2.45, 2.75) is 13.3 Å². The maximum Gasteiger partial charge on any atom is 0.491 e. The molecule has 1 aromatic heterocycles. The first-order valence-electron chi connectivity index (χ1n) is 3.66. The summed E-state index contributed by atoms with van der Waals surface area (Å²) < 4.78 is 0.655. The number of aryl methyl sites for hydroxylation is 1. The monoisotopic (exact) mass is 277 g/mol. The van der Waals surface area contributed by atoms with Crippen LogP contribution in [-0.2, 0) is 6.42 Å². The van der Waals surface area contributed by atoms with E-state index in [1.54, 1.807) is 12.1 Å². The van der Waals surface area contributed by atoms with Crippen molar-refractivity contribution >= 4 is 35.2 Å². The lowest BCUT2D eigenvalue weighted by Gasteiger charge is -2.03. The van der Waals surface area contributed by atoms with Gasteiger partial charge in [0.25, 0.3) is 0 Å². The molecule has 1 heterocycles. The number of pyridine rings is 1. The summed E-state index contributed by atoms with van der Waals surface area (Å²) >= 11 is 1.99. The molecule has 0 atom stereocenters. The highest BCUT2D eigenvalue weighted by molar-refractivity contribution is 14.1. The van der Waals surface area contributed by atoms with Crippen LogP contribution < -0.4 is 5.46 Å². The van der Waals surface area contributed by atoms with Crippen LogP contribution in [0.1, 0.15) is 12.6 Å². The minimum atomic E-state index is -1.42. The average molecular weight is 277 g/mol. The first-order chi connectivity index (χ1) is 5.65. The van der Waals surface area contributed by atoms with E-state index in [0.29, 0.717) is 9.16 Å². The molecule has 0 aromatic carbocycles. The number of hydrogen-bond donors (Lipinski definition) is 2. The van der Waals surface area contributed by atoms with Crippen molar-refractivity contribution < 1.29 is 10.0 Å². The molecule has 0 bridgehead atoms. The van der Waals surface area contributed by atoms with Gasteiger partial charge in [0.2, 0.25) is 0 Å². The summed E-state index contributed by atoms with van der Waals surface area (Å²) in [5.41, 5.74) is 1.43. The van der Waals surface area contributed by atoms with Crippen molar-refractivity contribution in [1.82, 2.24) is 4.98 Å². The van der Waals surface area contributed by atoms with Crippen LogP contribution in [0.15, 0.2) is 12.1 Å². The Bertz CT molecular complexity index is 280. The number of nitrogens with zero attached hydrogens (tertiary/aromatic N) is 1. The SMILES string of the molecule is CCc1ccc(B(O)O)c(I)n1. The fourth-order valence-electron chi connectivity index (χ4n) is 0.872. The highest BCUT2D eigenvalue weighted by Crippen LogP contribution is 2.01. The molecule has 0 spiro atoms. The molecule has 12 heavy (non-hydrogen) atoms. The molecule has 3 nitrogen and oxygen atoms in total. The zero-order valence-electron chi connectivity index (χ0n) is 6.66. The fourth-order valence-corrected chi connectivity index (χ4v) is 1.64. The van der Waals surface area contributed by atoms with Crippen LogP contribution in [0.4, 0.5) is 0 Å². The number of halogens is 1. The lowest BCUT2D eigenvalue weighted by atomic mass is 9.81. The molecule has 0 amide bonds. The molecule has 5 heteroatoms. The Morgan fingerprint density at radius 2 is 2.17 bits per heavy atom. The van der Waals surface area contributed by atoms with Gasteiger partial charge in [-0.1, -0.05) is 13.0 Å². The third kappa shape index (κ3) is 2.18. The largest absolute Gasteiger partial charge is 0.491 e. The fraction of sp³-hybridized carbons (Fsp3) is 0.286. The summed E-state index contributed by atoms with van der Waals surface area (Å²) in [5, 5.41) is 17.8. The summed E-state index contributed by atoms with van der Waals surface area (Å²) in [6.45, 7) is 2.01. The lowest BCUT2D eigenvalue weighted by molar-refractivity contribution is 0.425. The van der Waals surface area contributed by atoms with E-state index in [0.717, 1.165) is 12.1 Å². The quantitative estimate of drug-likeness (QED) is 0.452. The zero-order chi connectivity index (χ0) is 9.14. The summed E-state index contributed by atoms with van der Waals surface area (Å²) in [4.78, 5) is 4.18. The normalized spacial score (nSPS) is 10.0. The van der Waals surface area contributed by atoms with Crippen molar-refractivity contribution in [3.63, 3.8) is 0 Å². The Hall–Kier alpha value is -0.135. The van der Waals surface area contributed by atoms with E-state index < -0.39 is 7.12 Å². The molecule has 0 radical (unpaired) electrons. The molecular formula is C7H9BINO2. The van der Waals surface area contributed by atoms with E-state index in [-0.39, 0.29) is 0 Å². The van der Waals surface area contributed by atoms with Gasteiger partial charge in [-0.25, -0.2) is 4.98 Å². The van der Waals surface area contributed by atoms with Crippen LogP contribution >= 0.6 is 22.6 Å². The maximum absolute atomic E-state index is 8.88. The molecule has 1 rings (SSSR count).